The van der Waals surface area contributed by atoms with Gasteiger partial charge in [0.2, 0.25) is 11.7 Å². The SMILES string of the molecule is COc1cc([C@@H](C(=O)N2CCCC[C@@]2(C(=O)O)C2C=CCCC2)C2CCCCC2)cc(OC)c1OC. The first-order chi connectivity index (χ1) is 17.5. The Balaban J connectivity index is 1.82. The molecule has 1 N–H and O–H groups in total. The number of piperidine rings is 1. The number of rotatable bonds is 8. The molecule has 198 valence electrons. The Hall–Kier alpha value is -2.70. The van der Waals surface area contributed by atoms with E-state index in [0.717, 1.165) is 63.4 Å². The number of aliphatic carboxylic acids is 1. The van der Waals surface area contributed by atoms with E-state index in [0.29, 0.717) is 30.2 Å². The number of nitrogens with zero attached hydrogens (tertiary/aromatic N) is 1. The fourth-order valence-electron chi connectivity index (χ4n) is 6.82. The number of methoxy groups -OCH3 is 3. The summed E-state index contributed by atoms with van der Waals surface area (Å²) in [5, 5.41) is 10.7. The van der Waals surface area contributed by atoms with E-state index in [4.69, 9.17) is 14.2 Å². The summed E-state index contributed by atoms with van der Waals surface area (Å²) in [6.07, 6.45) is 14.2. The number of carboxylic acid groups (broad SMARTS) is 1. The van der Waals surface area contributed by atoms with Crippen LogP contribution in [0.25, 0.3) is 0 Å². The van der Waals surface area contributed by atoms with E-state index in [1.165, 1.54) is 6.42 Å². The highest BCUT2D eigenvalue weighted by molar-refractivity contribution is 5.92. The van der Waals surface area contributed by atoms with Crippen molar-refractivity contribution >= 4 is 11.9 Å². The molecule has 0 radical (unpaired) electrons. The number of carbonyl (C=O) groups excluding carboxylic acids is 1. The van der Waals surface area contributed by atoms with Crippen LogP contribution in [-0.4, -0.2) is 55.3 Å². The first kappa shape index (κ1) is 26.4. The van der Waals surface area contributed by atoms with E-state index in [-0.39, 0.29) is 17.7 Å². The van der Waals surface area contributed by atoms with Crippen LogP contribution in [0.4, 0.5) is 0 Å². The van der Waals surface area contributed by atoms with Crippen LogP contribution in [0.5, 0.6) is 17.2 Å². The van der Waals surface area contributed by atoms with Gasteiger partial charge in [0.15, 0.2) is 11.5 Å². The maximum atomic E-state index is 14.6. The summed E-state index contributed by atoms with van der Waals surface area (Å²) in [7, 11) is 4.72. The summed E-state index contributed by atoms with van der Waals surface area (Å²) >= 11 is 0. The predicted octanol–water partition coefficient (Wildman–Crippen LogP) is 5.57. The Morgan fingerprint density at radius 3 is 2.19 bits per heavy atom. The summed E-state index contributed by atoms with van der Waals surface area (Å²) in [5.41, 5.74) is -0.384. The number of carbonyl (C=O) groups is 2. The standard InChI is InChI=1S/C29H41NO6/c1-34-23-18-21(19-24(35-2)26(23)36-3)25(20-12-6-4-7-13-20)27(31)30-17-11-10-16-29(30,28(32)33)22-14-8-5-9-15-22/h8,14,18-20,22,25H,4-7,9-13,15-17H2,1-3H3,(H,32,33)/t22?,25-,29-/m0/s1. The highest BCUT2D eigenvalue weighted by atomic mass is 16.5. The van der Waals surface area contributed by atoms with Crippen molar-refractivity contribution in [1.82, 2.24) is 4.90 Å². The Morgan fingerprint density at radius 2 is 1.64 bits per heavy atom. The molecule has 1 aromatic carbocycles. The van der Waals surface area contributed by atoms with Crippen molar-refractivity contribution in [3.05, 3.63) is 29.8 Å². The molecule has 1 heterocycles. The minimum absolute atomic E-state index is 0.0720. The number of benzene rings is 1. The monoisotopic (exact) mass is 499 g/mol. The van der Waals surface area contributed by atoms with Crippen LogP contribution in [0.1, 0.15) is 82.1 Å². The number of allylic oxidation sites excluding steroid dienone is 1. The molecule has 3 atom stereocenters. The van der Waals surface area contributed by atoms with Crippen molar-refractivity contribution in [3.8, 4) is 17.2 Å². The van der Waals surface area contributed by atoms with Crippen LogP contribution in [-0.2, 0) is 9.59 Å². The van der Waals surface area contributed by atoms with Gasteiger partial charge in [-0.3, -0.25) is 4.79 Å². The van der Waals surface area contributed by atoms with Gasteiger partial charge in [0.1, 0.15) is 5.54 Å². The third-order valence-corrected chi connectivity index (χ3v) is 8.61. The number of hydrogen-bond donors (Lipinski definition) is 1. The number of amides is 1. The fraction of sp³-hybridized carbons (Fsp3) is 0.655. The van der Waals surface area contributed by atoms with Gasteiger partial charge in [-0.1, -0.05) is 31.4 Å². The third-order valence-electron chi connectivity index (χ3n) is 8.61. The first-order valence-electron chi connectivity index (χ1n) is 13.5. The molecular weight excluding hydrogens is 458 g/mol. The minimum Gasteiger partial charge on any atom is -0.493 e. The number of likely N-dealkylation sites (tertiary alicyclic amines) is 1. The Labute approximate surface area is 214 Å². The molecule has 1 aliphatic heterocycles. The largest absolute Gasteiger partial charge is 0.493 e. The molecule has 1 saturated carbocycles. The van der Waals surface area contributed by atoms with Gasteiger partial charge >= 0.3 is 5.97 Å². The van der Waals surface area contributed by atoms with E-state index in [1.807, 2.05) is 12.1 Å². The molecule has 7 nitrogen and oxygen atoms in total. The molecule has 1 aromatic rings. The number of carboxylic acids is 1. The zero-order valence-corrected chi connectivity index (χ0v) is 22.0. The normalized spacial score (nSPS) is 25.8. The van der Waals surface area contributed by atoms with Gasteiger partial charge in [0, 0.05) is 12.5 Å². The summed E-state index contributed by atoms with van der Waals surface area (Å²) in [6.45, 7) is 0.475. The second-order valence-electron chi connectivity index (χ2n) is 10.5. The fourth-order valence-corrected chi connectivity index (χ4v) is 6.82. The quantitative estimate of drug-likeness (QED) is 0.471. The average Bonchev–Trinajstić information content (AvgIpc) is 2.93. The van der Waals surface area contributed by atoms with Crippen molar-refractivity contribution in [1.29, 1.82) is 0 Å². The first-order valence-corrected chi connectivity index (χ1v) is 13.5. The second-order valence-corrected chi connectivity index (χ2v) is 10.5. The molecule has 36 heavy (non-hydrogen) atoms. The molecule has 0 spiro atoms. The van der Waals surface area contributed by atoms with Crippen LogP contribution in [0, 0.1) is 11.8 Å². The van der Waals surface area contributed by atoms with Crippen LogP contribution in [0.3, 0.4) is 0 Å². The molecule has 3 aliphatic rings. The van der Waals surface area contributed by atoms with Gasteiger partial charge in [0.05, 0.1) is 27.2 Å². The Bertz CT molecular complexity index is 944. The maximum Gasteiger partial charge on any atom is 0.330 e. The van der Waals surface area contributed by atoms with E-state index in [2.05, 4.69) is 12.2 Å². The highest BCUT2D eigenvalue weighted by Crippen LogP contribution is 2.47. The zero-order valence-electron chi connectivity index (χ0n) is 22.0. The topological polar surface area (TPSA) is 85.3 Å². The van der Waals surface area contributed by atoms with E-state index in [9.17, 15) is 14.7 Å². The third kappa shape index (κ3) is 4.81. The maximum absolute atomic E-state index is 14.6. The molecule has 1 unspecified atom stereocenters. The molecular formula is C29H41NO6. The smallest absolute Gasteiger partial charge is 0.330 e. The van der Waals surface area contributed by atoms with Crippen LogP contribution >= 0.6 is 0 Å². The molecule has 1 saturated heterocycles. The molecule has 2 aliphatic carbocycles. The van der Waals surface area contributed by atoms with Crippen LogP contribution in [0.2, 0.25) is 0 Å². The van der Waals surface area contributed by atoms with Crippen molar-refractivity contribution < 1.29 is 28.9 Å². The molecule has 4 rings (SSSR count). The predicted molar refractivity (Wildman–Crippen MR) is 138 cm³/mol. The minimum atomic E-state index is -1.19. The molecule has 7 heteroatoms. The summed E-state index contributed by atoms with van der Waals surface area (Å²) < 4.78 is 16.8. The van der Waals surface area contributed by atoms with Gasteiger partial charge in [-0.15, -0.1) is 0 Å². The molecule has 1 amide bonds. The molecule has 0 aromatic heterocycles. The van der Waals surface area contributed by atoms with Gasteiger partial charge in [-0.05, 0) is 75.0 Å². The van der Waals surface area contributed by atoms with E-state index < -0.39 is 17.4 Å². The van der Waals surface area contributed by atoms with Gasteiger partial charge in [-0.25, -0.2) is 4.79 Å². The van der Waals surface area contributed by atoms with Crippen molar-refractivity contribution in [3.63, 3.8) is 0 Å². The van der Waals surface area contributed by atoms with Crippen molar-refractivity contribution in [2.24, 2.45) is 11.8 Å². The van der Waals surface area contributed by atoms with E-state index in [1.54, 1.807) is 26.2 Å². The van der Waals surface area contributed by atoms with Crippen molar-refractivity contribution in [2.45, 2.75) is 82.1 Å². The van der Waals surface area contributed by atoms with Gasteiger partial charge in [-0.2, -0.15) is 0 Å². The second kappa shape index (κ2) is 11.6. The summed E-state index contributed by atoms with van der Waals surface area (Å²) in [6, 6.07) is 3.76. The highest BCUT2D eigenvalue weighted by Gasteiger charge is 2.54. The van der Waals surface area contributed by atoms with Crippen molar-refractivity contribution in [2.75, 3.05) is 27.9 Å². The molecule has 2 fully saturated rings. The van der Waals surface area contributed by atoms with Gasteiger partial charge < -0.3 is 24.2 Å². The lowest BCUT2D eigenvalue weighted by Crippen LogP contribution is -2.64. The Kier molecular flexibility index (Phi) is 8.47. The molecule has 0 bridgehead atoms. The summed E-state index contributed by atoms with van der Waals surface area (Å²) in [5.74, 6) is 0.0887. The van der Waals surface area contributed by atoms with E-state index >= 15 is 0 Å². The number of hydrogen-bond acceptors (Lipinski definition) is 5. The zero-order chi connectivity index (χ0) is 25.7. The lowest BCUT2D eigenvalue weighted by atomic mass is 9.70. The van der Waals surface area contributed by atoms with Crippen LogP contribution < -0.4 is 14.2 Å². The number of ether oxygens (including phenoxy) is 3. The lowest BCUT2D eigenvalue weighted by Gasteiger charge is -2.50. The lowest BCUT2D eigenvalue weighted by molar-refractivity contribution is -0.168. The van der Waals surface area contributed by atoms with Gasteiger partial charge in [0.25, 0.3) is 0 Å². The van der Waals surface area contributed by atoms with Crippen LogP contribution in [0.15, 0.2) is 24.3 Å². The average molecular weight is 500 g/mol. The summed E-state index contributed by atoms with van der Waals surface area (Å²) in [4.78, 5) is 29.4. The Morgan fingerprint density at radius 1 is 0.944 bits per heavy atom.